The number of nitrogens with one attached hydrogen (secondary N) is 4. The summed E-state index contributed by atoms with van der Waals surface area (Å²) in [6.07, 6.45) is 16.3. The summed E-state index contributed by atoms with van der Waals surface area (Å²) in [5.74, 6) is -2.49. The fourth-order valence-corrected chi connectivity index (χ4v) is 11.9. The van der Waals surface area contributed by atoms with Crippen molar-refractivity contribution in [1.29, 1.82) is 0 Å². The molecule has 2 aliphatic heterocycles. The van der Waals surface area contributed by atoms with Crippen LogP contribution in [0.25, 0.3) is 0 Å². The molecule has 312 valence electrons. The number of likely N-dealkylation sites (tertiary alicyclic amines) is 2. The minimum absolute atomic E-state index is 0.0169. The van der Waals surface area contributed by atoms with Gasteiger partial charge in [-0.1, -0.05) is 80.1 Å². The Morgan fingerprint density at radius 1 is 0.750 bits per heavy atom. The lowest BCUT2D eigenvalue weighted by molar-refractivity contribution is -0.145. The highest BCUT2D eigenvalue weighted by Crippen LogP contribution is 2.88. The van der Waals surface area contributed by atoms with Gasteiger partial charge in [0, 0.05) is 24.0 Å². The monoisotopic (exact) mass is 779 g/mol. The number of hydrogen-bond donors (Lipinski definition) is 4. The highest BCUT2D eigenvalue weighted by Gasteiger charge is 2.85. The zero-order chi connectivity index (χ0) is 40.2. The van der Waals surface area contributed by atoms with E-state index in [0.29, 0.717) is 31.8 Å². The van der Waals surface area contributed by atoms with E-state index in [2.05, 4.69) is 40.0 Å². The number of hydrogen-bond acceptors (Lipinski definition) is 7. The largest absolute Gasteiger partial charge is 0.347 e. The summed E-state index contributed by atoms with van der Waals surface area (Å²) in [6.45, 7) is 13.5. The van der Waals surface area contributed by atoms with E-state index in [1.807, 2.05) is 27.7 Å². The smallest absolute Gasteiger partial charge is 0.289 e. The Morgan fingerprint density at radius 2 is 1.43 bits per heavy atom. The van der Waals surface area contributed by atoms with Crippen LogP contribution in [0.15, 0.2) is 0 Å². The van der Waals surface area contributed by atoms with Crippen LogP contribution in [0.4, 0.5) is 0 Å². The van der Waals surface area contributed by atoms with Crippen LogP contribution in [-0.4, -0.2) is 101 Å². The lowest BCUT2D eigenvalue weighted by Gasteiger charge is -2.40. The van der Waals surface area contributed by atoms with Crippen molar-refractivity contribution in [3.63, 3.8) is 0 Å². The van der Waals surface area contributed by atoms with Gasteiger partial charge in [-0.05, 0) is 106 Å². The van der Waals surface area contributed by atoms with Crippen molar-refractivity contribution in [3.8, 4) is 0 Å². The average molecular weight is 779 g/mol. The second kappa shape index (κ2) is 15.6. The van der Waals surface area contributed by atoms with Gasteiger partial charge in [0.15, 0.2) is 0 Å². The highest BCUT2D eigenvalue weighted by atomic mass is 16.2. The molecule has 0 aromatic carbocycles. The summed E-state index contributed by atoms with van der Waals surface area (Å²) in [6, 6.07) is -3.32. The SMILES string of the molecule is CCC[C@H](NC(=O)[C@@H]1C[C@@]2(CN1C(=O)[C@@H](NC(=O)[C@@H](NC(=O)[C@@H]1CCCN1C1CCC1)C1CCCCC1)C(C)(C)C)C(C)(C)C21CCC1)C(=O)C(=O)NC1CC1. The van der Waals surface area contributed by atoms with Crippen LogP contribution in [0.2, 0.25) is 0 Å². The molecule has 7 fully saturated rings. The van der Waals surface area contributed by atoms with Gasteiger partial charge in [0.25, 0.3) is 5.91 Å². The molecule has 0 aromatic heterocycles. The van der Waals surface area contributed by atoms with Crippen LogP contribution in [-0.2, 0) is 28.8 Å². The molecule has 4 N–H and O–H groups in total. The molecular weight excluding hydrogens is 709 g/mol. The standard InChI is InChI=1S/C44H70N6O6/c1-7-14-30(34(51)39(55)45-28-20-21-28)46-37(53)32-25-44(42(5,6)43(44)22-13-23-43)26-50(32)40(56)35(41(2,3)4)48-38(54)33(27-15-9-8-10-16-27)47-36(52)31-19-12-24-49(31)29-17-11-18-29/h27-33,35H,7-26H2,1-6H3,(H,45,55)(H,46,53)(H,47,52)(H,48,54)/t30-,31-,32-,33-,35+,44+/m0/s1. The number of carbonyl (C=O) groups excluding carboxylic acids is 6. The van der Waals surface area contributed by atoms with Crippen molar-refractivity contribution in [2.75, 3.05) is 13.1 Å². The topological polar surface area (TPSA) is 157 Å². The molecule has 56 heavy (non-hydrogen) atoms. The number of amides is 5. The van der Waals surface area contributed by atoms with Crippen LogP contribution in [0, 0.1) is 27.6 Å². The molecule has 12 heteroatoms. The van der Waals surface area contributed by atoms with E-state index in [9.17, 15) is 24.0 Å². The lowest BCUT2D eigenvalue weighted by atomic mass is 9.73. The van der Waals surface area contributed by atoms with Gasteiger partial charge >= 0.3 is 0 Å². The summed E-state index contributed by atoms with van der Waals surface area (Å²) in [7, 11) is 0. The molecule has 0 radical (unpaired) electrons. The van der Waals surface area contributed by atoms with E-state index in [-0.39, 0.29) is 52.0 Å². The molecule has 6 atom stereocenters. The fraction of sp³-hybridized carbons (Fsp3) is 0.864. The Kier molecular flexibility index (Phi) is 11.5. The number of nitrogens with zero attached hydrogens (tertiary/aromatic N) is 2. The third kappa shape index (κ3) is 7.31. The van der Waals surface area contributed by atoms with Gasteiger partial charge < -0.3 is 26.2 Å². The summed E-state index contributed by atoms with van der Waals surface area (Å²) in [5, 5.41) is 12.1. The second-order valence-electron chi connectivity index (χ2n) is 20.5. The molecule has 12 nitrogen and oxygen atoms in total. The average Bonchev–Trinajstić information content (AvgIpc) is 3.80. The summed E-state index contributed by atoms with van der Waals surface area (Å²) < 4.78 is 0. The van der Waals surface area contributed by atoms with Gasteiger partial charge in [-0.2, -0.15) is 0 Å². The Labute approximate surface area is 334 Å². The van der Waals surface area contributed by atoms with Crippen molar-refractivity contribution in [2.45, 2.75) is 199 Å². The molecule has 0 bridgehead atoms. The fourth-order valence-electron chi connectivity index (χ4n) is 11.9. The maximum atomic E-state index is 15.2. The second-order valence-corrected chi connectivity index (χ2v) is 20.5. The maximum Gasteiger partial charge on any atom is 0.289 e. The molecule has 0 unspecified atom stereocenters. The Balaban J connectivity index is 1.13. The zero-order valence-electron chi connectivity index (χ0n) is 35.1. The first-order chi connectivity index (χ1) is 26.5. The first-order valence-electron chi connectivity index (χ1n) is 22.4. The van der Waals surface area contributed by atoms with Gasteiger partial charge in [0.05, 0.1) is 12.1 Å². The van der Waals surface area contributed by atoms with Crippen molar-refractivity contribution >= 4 is 35.3 Å². The molecule has 0 aromatic rings. The molecule has 7 aliphatic rings. The van der Waals surface area contributed by atoms with Gasteiger partial charge in [-0.15, -0.1) is 0 Å². The van der Waals surface area contributed by atoms with Crippen LogP contribution >= 0.6 is 0 Å². The van der Waals surface area contributed by atoms with Crippen molar-refractivity contribution < 1.29 is 28.8 Å². The Hall–Kier alpha value is -3.02. The zero-order valence-corrected chi connectivity index (χ0v) is 35.1. The quantitative estimate of drug-likeness (QED) is 0.189. The summed E-state index contributed by atoms with van der Waals surface area (Å²) in [4.78, 5) is 88.5. The van der Waals surface area contributed by atoms with Crippen molar-refractivity contribution in [1.82, 2.24) is 31.1 Å². The lowest BCUT2D eigenvalue weighted by Crippen LogP contribution is -2.63. The molecule has 5 aliphatic carbocycles. The van der Waals surface area contributed by atoms with E-state index in [0.717, 1.165) is 96.4 Å². The third-order valence-electron chi connectivity index (χ3n) is 16.0. The minimum atomic E-state index is -0.984. The van der Waals surface area contributed by atoms with Crippen molar-refractivity contribution in [2.24, 2.45) is 27.6 Å². The molecule has 5 amide bonds. The molecular formula is C44H70N6O6. The van der Waals surface area contributed by atoms with Crippen LogP contribution in [0.3, 0.4) is 0 Å². The highest BCUT2D eigenvalue weighted by molar-refractivity contribution is 6.38. The predicted octanol–water partition coefficient (Wildman–Crippen LogP) is 4.53. The molecule has 5 saturated carbocycles. The first kappa shape index (κ1) is 41.2. The van der Waals surface area contributed by atoms with Gasteiger partial charge in [0.1, 0.15) is 18.1 Å². The Bertz CT molecular complexity index is 1550. The Morgan fingerprint density at radius 3 is 1.98 bits per heavy atom. The van der Waals surface area contributed by atoms with E-state index in [1.54, 1.807) is 4.90 Å². The maximum absolute atomic E-state index is 15.2. The summed E-state index contributed by atoms with van der Waals surface area (Å²) in [5.41, 5.74) is -1.02. The minimum Gasteiger partial charge on any atom is -0.347 e. The number of carbonyl (C=O) groups is 6. The number of Topliss-reactive ketones (excluding diaryl/α,β-unsaturated/α-hetero) is 1. The first-order valence-corrected chi connectivity index (χ1v) is 22.4. The molecule has 2 spiro atoms. The molecule has 2 saturated heterocycles. The number of fused-ring (bicyclic) bond motifs is 1. The van der Waals surface area contributed by atoms with E-state index in [4.69, 9.17) is 0 Å². The van der Waals surface area contributed by atoms with Crippen LogP contribution in [0.1, 0.15) is 157 Å². The third-order valence-corrected chi connectivity index (χ3v) is 16.0. The van der Waals surface area contributed by atoms with Crippen LogP contribution in [0.5, 0.6) is 0 Å². The summed E-state index contributed by atoms with van der Waals surface area (Å²) >= 11 is 0. The van der Waals surface area contributed by atoms with E-state index in [1.165, 1.54) is 6.42 Å². The van der Waals surface area contributed by atoms with Gasteiger partial charge in [-0.3, -0.25) is 33.7 Å². The molecule has 2 heterocycles. The van der Waals surface area contributed by atoms with Gasteiger partial charge in [-0.25, -0.2) is 0 Å². The number of ketones is 1. The normalized spacial score (nSPS) is 30.1. The number of rotatable bonds is 14. The predicted molar refractivity (Wildman–Crippen MR) is 213 cm³/mol. The van der Waals surface area contributed by atoms with Crippen LogP contribution < -0.4 is 21.3 Å². The van der Waals surface area contributed by atoms with E-state index < -0.39 is 47.2 Å². The molecule has 7 rings (SSSR count). The van der Waals surface area contributed by atoms with E-state index >= 15 is 4.79 Å². The van der Waals surface area contributed by atoms with Crippen molar-refractivity contribution in [3.05, 3.63) is 0 Å². The van der Waals surface area contributed by atoms with Gasteiger partial charge in [0.2, 0.25) is 29.4 Å².